The predicted molar refractivity (Wildman–Crippen MR) is 148 cm³/mol. The molecule has 8 nitrogen and oxygen atoms in total. The van der Waals surface area contributed by atoms with E-state index in [1.54, 1.807) is 10.9 Å². The molecule has 0 aliphatic heterocycles. The summed E-state index contributed by atoms with van der Waals surface area (Å²) in [7, 11) is 3.26. The number of aryl methyl sites for hydroxylation is 1. The fourth-order valence-corrected chi connectivity index (χ4v) is 5.84. The van der Waals surface area contributed by atoms with Crippen molar-refractivity contribution in [3.63, 3.8) is 0 Å². The van der Waals surface area contributed by atoms with Crippen molar-refractivity contribution >= 4 is 5.97 Å². The Morgan fingerprint density at radius 1 is 1.03 bits per heavy atom. The van der Waals surface area contributed by atoms with E-state index in [0.29, 0.717) is 11.5 Å². The molecule has 2 heterocycles. The molecule has 0 bridgehead atoms. The highest BCUT2D eigenvalue weighted by atomic mass is 16.5. The van der Waals surface area contributed by atoms with Crippen LogP contribution < -0.4 is 4.74 Å². The van der Waals surface area contributed by atoms with Crippen LogP contribution in [0.1, 0.15) is 72.6 Å². The highest BCUT2D eigenvalue weighted by Crippen LogP contribution is 2.55. The summed E-state index contributed by atoms with van der Waals surface area (Å²) in [6.45, 7) is 3.12. The molecule has 8 heteroatoms. The minimum Gasteiger partial charge on any atom is -0.493 e. The SMILES string of the molecule is COC(=O)c1cnn(-c2cccc(-c3cccc(OCC4CCC(C)CC4)c3)c2)c1[C@H]1C[C@@H]1c1cn(C)nn1. The first kappa shape index (κ1) is 25.3. The monoisotopic (exact) mass is 525 g/mol. The summed E-state index contributed by atoms with van der Waals surface area (Å²) in [5, 5.41) is 13.0. The van der Waals surface area contributed by atoms with Gasteiger partial charge in [0.2, 0.25) is 0 Å². The smallest absolute Gasteiger partial charge is 0.341 e. The van der Waals surface area contributed by atoms with Crippen molar-refractivity contribution in [3.8, 4) is 22.6 Å². The highest BCUT2D eigenvalue weighted by molar-refractivity contribution is 5.91. The lowest BCUT2D eigenvalue weighted by Crippen LogP contribution is -2.18. The third kappa shape index (κ3) is 5.33. The van der Waals surface area contributed by atoms with Crippen LogP contribution in [0, 0.1) is 11.8 Å². The number of hydrogen-bond donors (Lipinski definition) is 0. The average molecular weight is 526 g/mol. The number of hydrogen-bond acceptors (Lipinski definition) is 6. The summed E-state index contributed by atoms with van der Waals surface area (Å²) in [4.78, 5) is 12.7. The molecule has 0 unspecified atom stereocenters. The van der Waals surface area contributed by atoms with Gasteiger partial charge >= 0.3 is 5.97 Å². The van der Waals surface area contributed by atoms with Crippen LogP contribution in [-0.4, -0.2) is 44.5 Å². The Hall–Kier alpha value is -3.94. The first-order chi connectivity index (χ1) is 19.0. The van der Waals surface area contributed by atoms with Gasteiger partial charge in [-0.2, -0.15) is 5.10 Å². The van der Waals surface area contributed by atoms with Crippen LogP contribution in [0.5, 0.6) is 5.75 Å². The molecule has 6 rings (SSSR count). The number of carbonyl (C=O) groups excluding carboxylic acids is 1. The van der Waals surface area contributed by atoms with E-state index in [0.717, 1.165) is 52.9 Å². The van der Waals surface area contributed by atoms with E-state index >= 15 is 0 Å². The molecular weight excluding hydrogens is 490 g/mol. The second-order valence-electron chi connectivity index (χ2n) is 11.1. The molecule has 2 fully saturated rings. The van der Waals surface area contributed by atoms with Crippen LogP contribution in [0.25, 0.3) is 16.8 Å². The molecule has 2 atom stereocenters. The van der Waals surface area contributed by atoms with Gasteiger partial charge in [-0.05, 0) is 66.5 Å². The van der Waals surface area contributed by atoms with Gasteiger partial charge < -0.3 is 9.47 Å². The van der Waals surface area contributed by atoms with E-state index in [9.17, 15) is 4.79 Å². The van der Waals surface area contributed by atoms with Crippen LogP contribution >= 0.6 is 0 Å². The minimum atomic E-state index is -0.380. The Morgan fingerprint density at radius 2 is 1.79 bits per heavy atom. The van der Waals surface area contributed by atoms with Crippen molar-refractivity contribution in [1.29, 1.82) is 0 Å². The number of nitrogens with zero attached hydrogens (tertiary/aromatic N) is 5. The van der Waals surface area contributed by atoms with E-state index in [2.05, 4.69) is 46.6 Å². The van der Waals surface area contributed by atoms with Crippen molar-refractivity contribution in [2.75, 3.05) is 13.7 Å². The Balaban J connectivity index is 1.26. The van der Waals surface area contributed by atoms with Gasteiger partial charge in [-0.25, -0.2) is 9.48 Å². The summed E-state index contributed by atoms with van der Waals surface area (Å²) in [5.74, 6) is 2.31. The number of aromatic nitrogens is 5. The standard InChI is InChI=1S/C31H35N5O3/c1-20-10-12-21(13-11-20)19-39-25-9-5-7-23(15-25)22-6-4-8-24(14-22)36-30(28(17-32-36)31(37)38-3)27-16-26(27)29-18-35(2)34-33-29/h4-9,14-15,17-18,20-21,26-27H,10-13,16,19H2,1-3H3/t20?,21?,26-,27-/m0/s1. The highest BCUT2D eigenvalue weighted by Gasteiger charge is 2.46. The molecule has 0 spiro atoms. The van der Waals surface area contributed by atoms with Gasteiger partial charge in [-0.3, -0.25) is 4.68 Å². The summed E-state index contributed by atoms with van der Waals surface area (Å²) in [5.41, 5.74) is 5.31. The maximum atomic E-state index is 12.7. The first-order valence-corrected chi connectivity index (χ1v) is 13.9. The zero-order chi connectivity index (χ0) is 26.9. The van der Waals surface area contributed by atoms with Crippen molar-refractivity contribution < 1.29 is 14.3 Å². The molecule has 0 radical (unpaired) electrons. The molecule has 4 aromatic rings. The van der Waals surface area contributed by atoms with Gasteiger partial charge in [-0.1, -0.05) is 49.2 Å². The first-order valence-electron chi connectivity index (χ1n) is 13.9. The zero-order valence-corrected chi connectivity index (χ0v) is 22.8. The van der Waals surface area contributed by atoms with E-state index in [-0.39, 0.29) is 17.8 Å². The molecule has 2 aromatic carbocycles. The molecule has 2 aliphatic carbocycles. The minimum absolute atomic E-state index is 0.112. The fourth-order valence-electron chi connectivity index (χ4n) is 5.84. The quantitative estimate of drug-likeness (QED) is 0.265. The number of ether oxygens (including phenoxy) is 2. The molecule has 2 aromatic heterocycles. The summed E-state index contributed by atoms with van der Waals surface area (Å²) in [6, 6.07) is 16.5. The van der Waals surface area contributed by atoms with Crippen LogP contribution in [0.15, 0.2) is 60.9 Å². The second kappa shape index (κ2) is 10.7. The Labute approximate surface area is 228 Å². The number of carbonyl (C=O) groups is 1. The topological polar surface area (TPSA) is 84.1 Å². The normalized spacial score (nSPS) is 22.4. The Bertz CT molecular complexity index is 1470. The van der Waals surface area contributed by atoms with Crippen LogP contribution in [0.3, 0.4) is 0 Å². The van der Waals surface area contributed by atoms with E-state index in [1.807, 2.05) is 42.2 Å². The van der Waals surface area contributed by atoms with Crippen LogP contribution in [0.2, 0.25) is 0 Å². The maximum absolute atomic E-state index is 12.7. The van der Waals surface area contributed by atoms with Gasteiger partial charge in [0.25, 0.3) is 0 Å². The van der Waals surface area contributed by atoms with Gasteiger partial charge in [0, 0.05) is 25.1 Å². The molecule has 2 aliphatic rings. The average Bonchev–Trinajstić information content (AvgIpc) is 3.42. The molecule has 0 amide bonds. The molecule has 0 saturated heterocycles. The van der Waals surface area contributed by atoms with E-state index in [1.165, 1.54) is 32.8 Å². The molecule has 202 valence electrons. The maximum Gasteiger partial charge on any atom is 0.341 e. The number of esters is 1. The van der Waals surface area contributed by atoms with Crippen LogP contribution in [0.4, 0.5) is 0 Å². The van der Waals surface area contributed by atoms with Crippen molar-refractivity contribution in [2.45, 2.75) is 50.9 Å². The second-order valence-corrected chi connectivity index (χ2v) is 11.1. The Morgan fingerprint density at radius 3 is 2.54 bits per heavy atom. The third-order valence-electron chi connectivity index (χ3n) is 8.23. The molecule has 2 saturated carbocycles. The predicted octanol–water partition coefficient (Wildman–Crippen LogP) is 5.93. The molecule has 39 heavy (non-hydrogen) atoms. The third-order valence-corrected chi connectivity index (χ3v) is 8.23. The fraction of sp³-hybridized carbons (Fsp3) is 0.419. The summed E-state index contributed by atoms with van der Waals surface area (Å²) < 4.78 is 14.9. The number of methoxy groups -OCH3 is 1. The van der Waals surface area contributed by atoms with Crippen LogP contribution in [-0.2, 0) is 11.8 Å². The van der Waals surface area contributed by atoms with Gasteiger partial charge in [0.05, 0.1) is 37.0 Å². The van der Waals surface area contributed by atoms with Gasteiger partial charge in [0.15, 0.2) is 0 Å². The summed E-state index contributed by atoms with van der Waals surface area (Å²) in [6.07, 6.45) is 9.53. The lowest BCUT2D eigenvalue weighted by molar-refractivity contribution is 0.0599. The van der Waals surface area contributed by atoms with Gasteiger partial charge in [0.1, 0.15) is 11.3 Å². The summed E-state index contributed by atoms with van der Waals surface area (Å²) >= 11 is 0. The largest absolute Gasteiger partial charge is 0.493 e. The lowest BCUT2D eigenvalue weighted by atomic mass is 9.83. The number of benzene rings is 2. The molecular formula is C31H35N5O3. The van der Waals surface area contributed by atoms with Gasteiger partial charge in [-0.15, -0.1) is 5.10 Å². The van der Waals surface area contributed by atoms with E-state index in [4.69, 9.17) is 9.47 Å². The lowest BCUT2D eigenvalue weighted by Gasteiger charge is -2.26. The molecule has 0 N–H and O–H groups in total. The van der Waals surface area contributed by atoms with Crippen molar-refractivity contribution in [3.05, 3.63) is 77.9 Å². The Kier molecular flexibility index (Phi) is 6.94. The zero-order valence-electron chi connectivity index (χ0n) is 22.8. The number of rotatable bonds is 8. The van der Waals surface area contributed by atoms with Crippen molar-refractivity contribution in [1.82, 2.24) is 24.8 Å². The van der Waals surface area contributed by atoms with E-state index < -0.39 is 0 Å². The van der Waals surface area contributed by atoms with Crippen molar-refractivity contribution in [2.24, 2.45) is 18.9 Å².